The average molecular weight is 271 g/mol. The summed E-state index contributed by atoms with van der Waals surface area (Å²) in [6.45, 7) is 0.734. The lowest BCUT2D eigenvalue weighted by atomic mass is 10.2. The molecule has 3 heteroatoms. The molecule has 0 unspecified atom stereocenters. The van der Waals surface area contributed by atoms with E-state index in [9.17, 15) is 0 Å². The zero-order valence-corrected chi connectivity index (χ0v) is 11.5. The molecule has 0 atom stereocenters. The SMILES string of the molecule is Cn1ccc2cc(NCc3ccccc3Cl)ccc21. The normalized spacial score (nSPS) is 10.8. The van der Waals surface area contributed by atoms with E-state index in [-0.39, 0.29) is 0 Å². The maximum Gasteiger partial charge on any atom is 0.0479 e. The zero-order chi connectivity index (χ0) is 13.2. The molecule has 3 rings (SSSR count). The van der Waals surface area contributed by atoms with Crippen LogP contribution < -0.4 is 5.32 Å². The summed E-state index contributed by atoms with van der Waals surface area (Å²) in [4.78, 5) is 0. The molecule has 1 N–H and O–H groups in total. The van der Waals surface area contributed by atoms with E-state index in [1.807, 2.05) is 24.3 Å². The Kier molecular flexibility index (Phi) is 3.18. The topological polar surface area (TPSA) is 17.0 Å². The zero-order valence-electron chi connectivity index (χ0n) is 10.7. The van der Waals surface area contributed by atoms with Crippen molar-refractivity contribution in [3.63, 3.8) is 0 Å². The minimum absolute atomic E-state index is 0.734. The quantitative estimate of drug-likeness (QED) is 0.744. The molecule has 2 aromatic carbocycles. The molecule has 0 radical (unpaired) electrons. The summed E-state index contributed by atoms with van der Waals surface area (Å²) in [6, 6.07) is 16.4. The molecular formula is C16H15ClN2. The molecule has 96 valence electrons. The predicted molar refractivity (Wildman–Crippen MR) is 81.7 cm³/mol. The molecule has 3 aromatic rings. The number of rotatable bonds is 3. The third-order valence-electron chi connectivity index (χ3n) is 3.33. The van der Waals surface area contributed by atoms with Crippen molar-refractivity contribution < 1.29 is 0 Å². The number of aromatic nitrogens is 1. The molecule has 19 heavy (non-hydrogen) atoms. The summed E-state index contributed by atoms with van der Waals surface area (Å²) < 4.78 is 2.12. The van der Waals surface area contributed by atoms with E-state index in [0.29, 0.717) is 0 Å². The summed E-state index contributed by atoms with van der Waals surface area (Å²) >= 11 is 6.15. The largest absolute Gasteiger partial charge is 0.381 e. The monoisotopic (exact) mass is 270 g/mol. The second-order valence-electron chi connectivity index (χ2n) is 4.65. The third-order valence-corrected chi connectivity index (χ3v) is 3.69. The van der Waals surface area contributed by atoms with Crippen molar-refractivity contribution >= 4 is 28.2 Å². The van der Waals surface area contributed by atoms with E-state index in [1.54, 1.807) is 0 Å². The Morgan fingerprint density at radius 2 is 1.95 bits per heavy atom. The van der Waals surface area contributed by atoms with Crippen LogP contribution in [0.15, 0.2) is 54.7 Å². The lowest BCUT2D eigenvalue weighted by Gasteiger charge is -2.08. The highest BCUT2D eigenvalue weighted by molar-refractivity contribution is 6.31. The molecule has 0 amide bonds. The van der Waals surface area contributed by atoms with Gasteiger partial charge in [0.05, 0.1) is 0 Å². The first-order chi connectivity index (χ1) is 9.24. The van der Waals surface area contributed by atoms with Crippen LogP contribution in [0.4, 0.5) is 5.69 Å². The van der Waals surface area contributed by atoms with Crippen molar-refractivity contribution in [2.24, 2.45) is 7.05 Å². The maximum atomic E-state index is 6.15. The predicted octanol–water partition coefficient (Wildman–Crippen LogP) is 4.44. The summed E-state index contributed by atoms with van der Waals surface area (Å²) in [6.07, 6.45) is 2.07. The van der Waals surface area contributed by atoms with Crippen LogP contribution in [0.5, 0.6) is 0 Å². The van der Waals surface area contributed by atoms with Gasteiger partial charge in [0.15, 0.2) is 0 Å². The molecule has 1 aromatic heterocycles. The number of hydrogen-bond acceptors (Lipinski definition) is 1. The first-order valence-electron chi connectivity index (χ1n) is 6.26. The number of anilines is 1. The molecule has 0 aliphatic heterocycles. The van der Waals surface area contributed by atoms with Crippen molar-refractivity contribution in [1.82, 2.24) is 4.57 Å². The van der Waals surface area contributed by atoms with Gasteiger partial charge in [0.1, 0.15) is 0 Å². The highest BCUT2D eigenvalue weighted by Crippen LogP contribution is 2.21. The van der Waals surface area contributed by atoms with E-state index in [2.05, 4.69) is 47.4 Å². The van der Waals surface area contributed by atoms with E-state index in [0.717, 1.165) is 22.8 Å². The number of nitrogens with zero attached hydrogens (tertiary/aromatic N) is 1. The minimum atomic E-state index is 0.734. The number of nitrogens with one attached hydrogen (secondary N) is 1. The molecular weight excluding hydrogens is 256 g/mol. The fourth-order valence-electron chi connectivity index (χ4n) is 2.23. The van der Waals surface area contributed by atoms with Crippen LogP contribution in [0.2, 0.25) is 5.02 Å². The number of benzene rings is 2. The van der Waals surface area contributed by atoms with Crippen molar-refractivity contribution in [1.29, 1.82) is 0 Å². The molecule has 0 aliphatic rings. The van der Waals surface area contributed by atoms with Gasteiger partial charge in [0.2, 0.25) is 0 Å². The fourth-order valence-corrected chi connectivity index (χ4v) is 2.43. The Morgan fingerprint density at radius 1 is 1.11 bits per heavy atom. The number of fused-ring (bicyclic) bond motifs is 1. The maximum absolute atomic E-state index is 6.15. The first-order valence-corrected chi connectivity index (χ1v) is 6.64. The van der Waals surface area contributed by atoms with E-state index >= 15 is 0 Å². The van der Waals surface area contributed by atoms with Gasteiger partial charge < -0.3 is 9.88 Å². The standard InChI is InChI=1S/C16H15ClN2/c1-19-9-8-12-10-14(6-7-16(12)19)18-11-13-4-2-3-5-15(13)17/h2-10,18H,11H2,1H3. The van der Waals surface area contributed by atoms with Gasteiger partial charge in [-0.05, 0) is 35.9 Å². The van der Waals surface area contributed by atoms with Crippen molar-refractivity contribution in [3.05, 3.63) is 65.3 Å². The van der Waals surface area contributed by atoms with Crippen LogP contribution in [0.3, 0.4) is 0 Å². The van der Waals surface area contributed by atoms with Gasteiger partial charge >= 0.3 is 0 Å². The molecule has 0 bridgehead atoms. The third kappa shape index (κ3) is 2.45. The summed E-state index contributed by atoms with van der Waals surface area (Å²) in [5.74, 6) is 0. The highest BCUT2D eigenvalue weighted by Gasteiger charge is 2.01. The number of halogens is 1. The molecule has 0 fully saturated rings. The second kappa shape index (κ2) is 4.98. The lowest BCUT2D eigenvalue weighted by Crippen LogP contribution is -1.99. The summed E-state index contributed by atoms with van der Waals surface area (Å²) in [5, 5.41) is 5.45. The lowest BCUT2D eigenvalue weighted by molar-refractivity contribution is 0.969. The van der Waals surface area contributed by atoms with Gasteiger partial charge in [0.25, 0.3) is 0 Å². The van der Waals surface area contributed by atoms with Gasteiger partial charge in [-0.25, -0.2) is 0 Å². The van der Waals surface area contributed by atoms with Crippen molar-refractivity contribution in [2.75, 3.05) is 5.32 Å². The van der Waals surface area contributed by atoms with Crippen LogP contribution in [-0.2, 0) is 13.6 Å². The van der Waals surface area contributed by atoms with Gasteiger partial charge in [-0.3, -0.25) is 0 Å². The second-order valence-corrected chi connectivity index (χ2v) is 5.05. The van der Waals surface area contributed by atoms with E-state index in [4.69, 9.17) is 11.6 Å². The molecule has 0 aliphatic carbocycles. The minimum Gasteiger partial charge on any atom is -0.381 e. The van der Waals surface area contributed by atoms with Crippen molar-refractivity contribution in [2.45, 2.75) is 6.54 Å². The van der Waals surface area contributed by atoms with Gasteiger partial charge in [-0.1, -0.05) is 29.8 Å². The van der Waals surface area contributed by atoms with Gasteiger partial charge in [-0.2, -0.15) is 0 Å². The summed E-state index contributed by atoms with van der Waals surface area (Å²) in [5.41, 5.74) is 3.46. The highest BCUT2D eigenvalue weighted by atomic mass is 35.5. The number of aryl methyl sites for hydroxylation is 1. The molecule has 0 spiro atoms. The van der Waals surface area contributed by atoms with E-state index in [1.165, 1.54) is 10.9 Å². The van der Waals surface area contributed by atoms with Gasteiger partial charge in [0, 0.05) is 41.4 Å². The summed E-state index contributed by atoms with van der Waals surface area (Å²) in [7, 11) is 2.05. The Balaban J connectivity index is 1.80. The van der Waals surface area contributed by atoms with Gasteiger partial charge in [-0.15, -0.1) is 0 Å². The Hall–Kier alpha value is -1.93. The van der Waals surface area contributed by atoms with Crippen molar-refractivity contribution in [3.8, 4) is 0 Å². The van der Waals surface area contributed by atoms with Crippen LogP contribution in [0.25, 0.3) is 10.9 Å². The van der Waals surface area contributed by atoms with Crippen LogP contribution >= 0.6 is 11.6 Å². The molecule has 2 nitrogen and oxygen atoms in total. The Labute approximate surface area is 117 Å². The first kappa shape index (κ1) is 12.1. The smallest absolute Gasteiger partial charge is 0.0479 e. The molecule has 1 heterocycles. The van der Waals surface area contributed by atoms with Crippen LogP contribution in [0.1, 0.15) is 5.56 Å². The van der Waals surface area contributed by atoms with Crippen LogP contribution in [-0.4, -0.2) is 4.57 Å². The molecule has 0 saturated heterocycles. The Morgan fingerprint density at radius 3 is 2.79 bits per heavy atom. The fraction of sp³-hybridized carbons (Fsp3) is 0.125. The average Bonchev–Trinajstić information content (AvgIpc) is 2.79. The Bertz CT molecular complexity index is 716. The number of hydrogen-bond donors (Lipinski definition) is 1. The van der Waals surface area contributed by atoms with E-state index < -0.39 is 0 Å². The van der Waals surface area contributed by atoms with Crippen LogP contribution in [0, 0.1) is 0 Å². The molecule has 0 saturated carbocycles.